The zero-order chi connectivity index (χ0) is 16.6. The van der Waals surface area contributed by atoms with Crippen LogP contribution in [0.2, 0.25) is 0 Å². The van der Waals surface area contributed by atoms with Gasteiger partial charge in [0.2, 0.25) is 5.88 Å². The van der Waals surface area contributed by atoms with Crippen molar-refractivity contribution in [2.45, 2.75) is 13.8 Å². The molecule has 0 atom stereocenters. The summed E-state index contributed by atoms with van der Waals surface area (Å²) in [5.41, 5.74) is 2.45. The Labute approximate surface area is 131 Å². The molecule has 0 saturated carbocycles. The Morgan fingerprint density at radius 2 is 2.13 bits per heavy atom. The second kappa shape index (κ2) is 5.67. The molecule has 0 N–H and O–H groups in total. The highest BCUT2D eigenvalue weighted by Gasteiger charge is 2.18. The van der Waals surface area contributed by atoms with E-state index in [0.717, 1.165) is 5.69 Å². The summed E-state index contributed by atoms with van der Waals surface area (Å²) in [7, 11) is 3.33. The van der Waals surface area contributed by atoms with E-state index < -0.39 is 5.97 Å². The standard InChI is InChI=1S/C14H16N6O3/c1-5-23-13(21)9-6-15-20(7-9)14-16-10-8(2)18-19(3)11(10)12(17-14)22-4/h6-7H,5H2,1-4H3. The first-order valence-corrected chi connectivity index (χ1v) is 7.02. The molecule has 9 nitrogen and oxygen atoms in total. The number of rotatable bonds is 4. The van der Waals surface area contributed by atoms with E-state index in [4.69, 9.17) is 9.47 Å². The number of ether oxygens (including phenoxy) is 2. The normalized spacial score (nSPS) is 11.0. The summed E-state index contributed by atoms with van der Waals surface area (Å²) in [4.78, 5) is 20.5. The van der Waals surface area contributed by atoms with E-state index in [2.05, 4.69) is 20.2 Å². The van der Waals surface area contributed by atoms with E-state index in [1.165, 1.54) is 24.2 Å². The van der Waals surface area contributed by atoms with E-state index in [1.807, 2.05) is 6.92 Å². The number of fused-ring (bicyclic) bond motifs is 1. The fraction of sp³-hybridized carbons (Fsp3) is 0.357. The van der Waals surface area contributed by atoms with Gasteiger partial charge in [-0.3, -0.25) is 4.68 Å². The third-order valence-electron chi connectivity index (χ3n) is 3.30. The van der Waals surface area contributed by atoms with Crippen molar-refractivity contribution in [3.05, 3.63) is 23.7 Å². The second-order valence-electron chi connectivity index (χ2n) is 4.83. The van der Waals surface area contributed by atoms with Gasteiger partial charge in [-0.05, 0) is 13.8 Å². The molecule has 23 heavy (non-hydrogen) atoms. The summed E-state index contributed by atoms with van der Waals surface area (Å²) in [5, 5.41) is 8.44. The topological polar surface area (TPSA) is 96.9 Å². The lowest BCUT2D eigenvalue weighted by atomic mass is 10.3. The van der Waals surface area contributed by atoms with Crippen LogP contribution in [-0.2, 0) is 11.8 Å². The van der Waals surface area contributed by atoms with Crippen LogP contribution >= 0.6 is 0 Å². The number of hydrogen-bond acceptors (Lipinski definition) is 7. The Hall–Kier alpha value is -2.97. The molecular formula is C14H16N6O3. The fourth-order valence-corrected chi connectivity index (χ4v) is 2.29. The minimum atomic E-state index is -0.440. The molecule has 0 aliphatic rings. The van der Waals surface area contributed by atoms with Gasteiger partial charge >= 0.3 is 5.97 Å². The predicted molar refractivity (Wildman–Crippen MR) is 80.7 cm³/mol. The van der Waals surface area contributed by atoms with E-state index in [-0.39, 0.29) is 0 Å². The maximum Gasteiger partial charge on any atom is 0.341 e. The molecule has 0 amide bonds. The third-order valence-corrected chi connectivity index (χ3v) is 3.30. The van der Waals surface area contributed by atoms with E-state index in [9.17, 15) is 4.79 Å². The molecular weight excluding hydrogens is 300 g/mol. The average Bonchev–Trinajstić information content (AvgIpc) is 3.13. The summed E-state index contributed by atoms with van der Waals surface area (Å²) in [6.45, 7) is 3.90. The van der Waals surface area contributed by atoms with Crippen LogP contribution in [0.4, 0.5) is 0 Å². The van der Waals surface area contributed by atoms with Crippen LogP contribution in [0.25, 0.3) is 17.0 Å². The summed E-state index contributed by atoms with van der Waals surface area (Å²) in [5.74, 6) is 0.242. The van der Waals surface area contributed by atoms with Crippen LogP contribution < -0.4 is 4.74 Å². The highest BCUT2D eigenvalue weighted by atomic mass is 16.5. The largest absolute Gasteiger partial charge is 0.479 e. The quantitative estimate of drug-likeness (QED) is 0.663. The van der Waals surface area contributed by atoms with Gasteiger partial charge < -0.3 is 9.47 Å². The van der Waals surface area contributed by atoms with Crippen molar-refractivity contribution in [1.82, 2.24) is 29.5 Å². The molecule has 0 aliphatic carbocycles. The van der Waals surface area contributed by atoms with Gasteiger partial charge in [-0.1, -0.05) is 0 Å². The molecule has 3 aromatic heterocycles. The first kappa shape index (κ1) is 14.9. The van der Waals surface area contributed by atoms with Crippen LogP contribution in [0.5, 0.6) is 5.88 Å². The number of esters is 1. The van der Waals surface area contributed by atoms with Crippen molar-refractivity contribution in [1.29, 1.82) is 0 Å². The molecule has 3 heterocycles. The highest BCUT2D eigenvalue weighted by Crippen LogP contribution is 2.25. The van der Waals surface area contributed by atoms with Crippen molar-refractivity contribution < 1.29 is 14.3 Å². The van der Waals surface area contributed by atoms with Gasteiger partial charge in [0.1, 0.15) is 11.0 Å². The Morgan fingerprint density at radius 3 is 2.83 bits per heavy atom. The van der Waals surface area contributed by atoms with E-state index in [1.54, 1.807) is 18.7 Å². The molecule has 3 aromatic rings. The predicted octanol–water partition coefficient (Wildman–Crippen LogP) is 1.04. The molecule has 0 spiro atoms. The minimum Gasteiger partial charge on any atom is -0.479 e. The van der Waals surface area contributed by atoms with Crippen molar-refractivity contribution in [3.8, 4) is 11.8 Å². The molecule has 9 heteroatoms. The maximum absolute atomic E-state index is 11.7. The zero-order valence-electron chi connectivity index (χ0n) is 13.3. The molecule has 0 aromatic carbocycles. The first-order valence-electron chi connectivity index (χ1n) is 7.02. The number of carbonyl (C=O) groups is 1. The molecule has 0 unspecified atom stereocenters. The number of nitrogens with zero attached hydrogens (tertiary/aromatic N) is 6. The molecule has 0 aliphatic heterocycles. The van der Waals surface area contributed by atoms with Crippen LogP contribution in [0.1, 0.15) is 23.0 Å². The summed E-state index contributed by atoms with van der Waals surface area (Å²) in [6, 6.07) is 0. The first-order chi connectivity index (χ1) is 11.0. The molecule has 0 radical (unpaired) electrons. The minimum absolute atomic E-state index is 0.293. The number of aryl methyl sites for hydroxylation is 2. The van der Waals surface area contributed by atoms with Crippen molar-refractivity contribution >= 4 is 17.0 Å². The fourth-order valence-electron chi connectivity index (χ4n) is 2.29. The van der Waals surface area contributed by atoms with E-state index in [0.29, 0.717) is 35.0 Å². The van der Waals surface area contributed by atoms with Gasteiger partial charge in [0, 0.05) is 13.2 Å². The van der Waals surface area contributed by atoms with Gasteiger partial charge in [-0.15, -0.1) is 0 Å². The Bertz CT molecular complexity index is 882. The van der Waals surface area contributed by atoms with E-state index >= 15 is 0 Å². The van der Waals surface area contributed by atoms with Gasteiger partial charge in [0.25, 0.3) is 5.95 Å². The summed E-state index contributed by atoms with van der Waals surface area (Å²) in [6.07, 6.45) is 2.93. The molecule has 120 valence electrons. The van der Waals surface area contributed by atoms with Crippen molar-refractivity contribution in [3.63, 3.8) is 0 Å². The van der Waals surface area contributed by atoms with Crippen molar-refractivity contribution in [2.24, 2.45) is 7.05 Å². The Balaban J connectivity index is 2.10. The molecule has 0 bridgehead atoms. The maximum atomic E-state index is 11.7. The number of hydrogen-bond donors (Lipinski definition) is 0. The molecule has 0 fully saturated rings. The lowest BCUT2D eigenvalue weighted by Crippen LogP contribution is -2.06. The van der Waals surface area contributed by atoms with Crippen LogP contribution in [0.15, 0.2) is 12.4 Å². The second-order valence-corrected chi connectivity index (χ2v) is 4.83. The Morgan fingerprint density at radius 1 is 1.35 bits per heavy atom. The highest BCUT2D eigenvalue weighted by molar-refractivity contribution is 5.89. The number of carbonyl (C=O) groups excluding carboxylic acids is 1. The zero-order valence-corrected chi connectivity index (χ0v) is 13.3. The van der Waals surface area contributed by atoms with Gasteiger partial charge in [0.05, 0.1) is 31.2 Å². The lowest BCUT2D eigenvalue weighted by Gasteiger charge is -2.05. The van der Waals surface area contributed by atoms with Crippen LogP contribution in [0, 0.1) is 6.92 Å². The summed E-state index contributed by atoms with van der Waals surface area (Å²) >= 11 is 0. The average molecular weight is 316 g/mol. The molecule has 3 rings (SSSR count). The Kier molecular flexibility index (Phi) is 3.68. The van der Waals surface area contributed by atoms with Crippen LogP contribution in [0.3, 0.4) is 0 Å². The lowest BCUT2D eigenvalue weighted by molar-refractivity contribution is 0.0526. The third kappa shape index (κ3) is 2.50. The van der Waals surface area contributed by atoms with Gasteiger partial charge in [0.15, 0.2) is 0 Å². The monoisotopic (exact) mass is 316 g/mol. The van der Waals surface area contributed by atoms with Gasteiger partial charge in [-0.2, -0.15) is 15.2 Å². The SMILES string of the molecule is CCOC(=O)c1cnn(-c2nc(OC)c3c(n2)c(C)nn3C)c1. The smallest absolute Gasteiger partial charge is 0.341 e. The van der Waals surface area contributed by atoms with Gasteiger partial charge in [-0.25, -0.2) is 14.5 Å². The number of aromatic nitrogens is 6. The summed E-state index contributed by atoms with van der Waals surface area (Å²) < 4.78 is 13.3. The van der Waals surface area contributed by atoms with Crippen LogP contribution in [-0.4, -0.2) is 49.2 Å². The van der Waals surface area contributed by atoms with Crippen molar-refractivity contribution in [2.75, 3.05) is 13.7 Å². The number of methoxy groups -OCH3 is 1. The molecule has 0 saturated heterocycles.